The van der Waals surface area contributed by atoms with Crippen molar-refractivity contribution >= 4 is 33.1 Å². The van der Waals surface area contributed by atoms with Crippen molar-refractivity contribution in [1.29, 1.82) is 0 Å². The fourth-order valence-corrected chi connectivity index (χ4v) is 2.83. The Hall–Kier alpha value is -2.75. The Morgan fingerprint density at radius 1 is 1.35 bits per heavy atom. The number of sulfonamides is 1. The molecule has 0 saturated carbocycles. The molecule has 0 radical (unpaired) electrons. The van der Waals surface area contributed by atoms with Crippen molar-refractivity contribution in [2.45, 2.75) is 26.3 Å². The van der Waals surface area contributed by atoms with E-state index in [9.17, 15) is 13.2 Å². The van der Waals surface area contributed by atoms with Gasteiger partial charge in [-0.05, 0) is 31.5 Å². The number of benzene rings is 1. The van der Waals surface area contributed by atoms with Gasteiger partial charge in [-0.1, -0.05) is 12.1 Å². The average Bonchev–Trinajstić information content (AvgIpc) is 2.96. The fraction of sp³-hybridized carbons (Fsp3) is 0.375. The molecule has 10 heteroatoms. The molecule has 0 aliphatic rings. The lowest BCUT2D eigenvalue weighted by molar-refractivity contribution is -0.117. The number of ether oxygens (including phenoxy) is 1. The van der Waals surface area contributed by atoms with Gasteiger partial charge in [0.15, 0.2) is 5.82 Å². The van der Waals surface area contributed by atoms with Crippen molar-refractivity contribution in [3.63, 3.8) is 0 Å². The third kappa shape index (κ3) is 5.38. The molecule has 9 nitrogen and oxygen atoms in total. The summed E-state index contributed by atoms with van der Waals surface area (Å²) in [5.74, 6) is 1.01. The predicted octanol–water partition coefficient (Wildman–Crippen LogP) is 2.19. The zero-order valence-corrected chi connectivity index (χ0v) is 15.8. The zero-order valence-electron chi connectivity index (χ0n) is 15.0. The lowest BCUT2D eigenvalue weighted by Crippen LogP contribution is -2.34. The fourth-order valence-electron chi connectivity index (χ4n) is 2.27. The number of aromatic nitrogens is 1. The van der Waals surface area contributed by atoms with Gasteiger partial charge in [0.1, 0.15) is 17.6 Å². The molecule has 0 bridgehead atoms. The van der Waals surface area contributed by atoms with Crippen molar-refractivity contribution in [2.75, 3.05) is 28.7 Å². The van der Waals surface area contributed by atoms with E-state index in [0.717, 1.165) is 6.26 Å². The lowest BCUT2D eigenvalue weighted by atomic mass is 10.2. The molecule has 26 heavy (non-hydrogen) atoms. The third-order valence-electron chi connectivity index (χ3n) is 3.44. The minimum Gasteiger partial charge on any atom is -0.495 e. The monoisotopic (exact) mass is 382 g/mol. The molecule has 0 aliphatic carbocycles. The summed E-state index contributed by atoms with van der Waals surface area (Å²) in [6.45, 7) is 3.58. The van der Waals surface area contributed by atoms with Crippen LogP contribution in [0.5, 0.6) is 5.75 Å². The van der Waals surface area contributed by atoms with E-state index >= 15 is 0 Å². The number of anilines is 3. The minimum atomic E-state index is -3.47. The number of aryl methyl sites for hydroxylation is 1. The quantitative estimate of drug-likeness (QED) is 0.639. The minimum absolute atomic E-state index is 0.280. The third-order valence-corrected chi connectivity index (χ3v) is 4.03. The first kappa shape index (κ1) is 19.6. The Bertz CT molecular complexity index is 879. The van der Waals surface area contributed by atoms with Crippen molar-refractivity contribution in [1.82, 2.24) is 5.16 Å². The second-order valence-corrected chi connectivity index (χ2v) is 7.45. The standard InChI is InChI=1S/C16H22N4O5S/c1-5-12(16(21)18-15-8-10(2)25-19-15)17-11-6-7-14(24-3)13(9-11)20-26(4,22)23/h6-9,12,17,20H,5H2,1-4H3,(H,18,19,21)/t12-/m0/s1. The normalized spacial score (nSPS) is 12.3. The molecule has 142 valence electrons. The average molecular weight is 382 g/mol. The van der Waals surface area contributed by atoms with Gasteiger partial charge in [-0.15, -0.1) is 0 Å². The number of hydrogen-bond acceptors (Lipinski definition) is 7. The SMILES string of the molecule is CC[C@H](Nc1ccc(OC)c(NS(C)(=O)=O)c1)C(=O)Nc1cc(C)on1. The molecule has 0 aliphatic heterocycles. The smallest absolute Gasteiger partial charge is 0.248 e. The van der Waals surface area contributed by atoms with Gasteiger partial charge < -0.3 is 19.9 Å². The highest BCUT2D eigenvalue weighted by Gasteiger charge is 2.19. The molecular formula is C16H22N4O5S. The van der Waals surface area contributed by atoms with Crippen LogP contribution in [0.4, 0.5) is 17.2 Å². The molecule has 1 atom stereocenters. The summed E-state index contributed by atoms with van der Waals surface area (Å²) in [5.41, 5.74) is 0.845. The topological polar surface area (TPSA) is 123 Å². The van der Waals surface area contributed by atoms with Crippen molar-refractivity contribution in [3.05, 3.63) is 30.0 Å². The Kier molecular flexibility index (Phi) is 6.09. The number of nitrogens with zero attached hydrogens (tertiary/aromatic N) is 1. The van der Waals surface area contributed by atoms with E-state index in [1.54, 1.807) is 31.2 Å². The van der Waals surface area contributed by atoms with E-state index in [0.29, 0.717) is 29.4 Å². The first-order valence-corrected chi connectivity index (χ1v) is 9.77. The Morgan fingerprint density at radius 2 is 2.08 bits per heavy atom. The van der Waals surface area contributed by atoms with Crippen LogP contribution in [0, 0.1) is 6.92 Å². The van der Waals surface area contributed by atoms with E-state index in [1.165, 1.54) is 7.11 Å². The second-order valence-electron chi connectivity index (χ2n) is 5.71. The summed E-state index contributed by atoms with van der Waals surface area (Å²) in [6, 6.07) is 5.94. The number of rotatable bonds is 8. The van der Waals surface area contributed by atoms with Crippen LogP contribution in [0.25, 0.3) is 0 Å². The lowest BCUT2D eigenvalue weighted by Gasteiger charge is -2.18. The highest BCUT2D eigenvalue weighted by molar-refractivity contribution is 7.92. The van der Waals surface area contributed by atoms with Crippen LogP contribution in [-0.2, 0) is 14.8 Å². The summed E-state index contributed by atoms with van der Waals surface area (Å²) in [6.07, 6.45) is 1.55. The number of amides is 1. The largest absolute Gasteiger partial charge is 0.495 e. The molecule has 2 aromatic rings. The first-order chi connectivity index (χ1) is 12.2. The molecule has 0 saturated heterocycles. The number of methoxy groups -OCH3 is 1. The maximum Gasteiger partial charge on any atom is 0.248 e. The van der Waals surface area contributed by atoms with Crippen LogP contribution < -0.4 is 20.1 Å². The molecule has 0 unspecified atom stereocenters. The van der Waals surface area contributed by atoms with Gasteiger partial charge in [0.05, 0.1) is 19.1 Å². The Labute approximate surface area is 152 Å². The predicted molar refractivity (Wildman–Crippen MR) is 99.0 cm³/mol. The molecule has 3 N–H and O–H groups in total. The maximum atomic E-state index is 12.4. The van der Waals surface area contributed by atoms with Gasteiger partial charge in [0, 0.05) is 11.8 Å². The summed E-state index contributed by atoms with van der Waals surface area (Å²) in [4.78, 5) is 12.4. The van der Waals surface area contributed by atoms with Crippen LogP contribution in [0.2, 0.25) is 0 Å². The summed E-state index contributed by atoms with van der Waals surface area (Å²) in [7, 11) is -2.03. The van der Waals surface area contributed by atoms with Gasteiger partial charge >= 0.3 is 0 Å². The summed E-state index contributed by atoms with van der Waals surface area (Å²) >= 11 is 0. The summed E-state index contributed by atoms with van der Waals surface area (Å²) < 4.78 is 35.5. The Morgan fingerprint density at radius 3 is 2.62 bits per heavy atom. The van der Waals surface area contributed by atoms with E-state index < -0.39 is 16.1 Å². The van der Waals surface area contributed by atoms with Crippen LogP contribution in [0.1, 0.15) is 19.1 Å². The van der Waals surface area contributed by atoms with Gasteiger partial charge in [-0.3, -0.25) is 9.52 Å². The van der Waals surface area contributed by atoms with Crippen LogP contribution in [0.3, 0.4) is 0 Å². The van der Waals surface area contributed by atoms with E-state index in [2.05, 4.69) is 20.5 Å². The van der Waals surface area contributed by atoms with Crippen molar-refractivity contribution < 1.29 is 22.5 Å². The van der Waals surface area contributed by atoms with E-state index in [1.807, 2.05) is 6.92 Å². The van der Waals surface area contributed by atoms with Crippen LogP contribution >= 0.6 is 0 Å². The first-order valence-electron chi connectivity index (χ1n) is 7.88. The molecule has 1 aromatic carbocycles. The summed E-state index contributed by atoms with van der Waals surface area (Å²) in [5, 5.41) is 9.47. The number of hydrogen-bond donors (Lipinski definition) is 3. The highest BCUT2D eigenvalue weighted by Crippen LogP contribution is 2.29. The van der Waals surface area contributed by atoms with Gasteiger partial charge in [-0.25, -0.2) is 8.42 Å². The number of nitrogens with one attached hydrogen (secondary N) is 3. The Balaban J connectivity index is 2.16. The molecular weight excluding hydrogens is 360 g/mol. The maximum absolute atomic E-state index is 12.4. The van der Waals surface area contributed by atoms with Crippen molar-refractivity contribution in [3.8, 4) is 5.75 Å². The van der Waals surface area contributed by atoms with Gasteiger partial charge in [0.25, 0.3) is 0 Å². The number of carbonyl (C=O) groups is 1. The molecule has 1 heterocycles. The number of carbonyl (C=O) groups excluding carboxylic acids is 1. The van der Waals surface area contributed by atoms with Gasteiger partial charge in [-0.2, -0.15) is 0 Å². The molecule has 0 spiro atoms. The van der Waals surface area contributed by atoms with Crippen molar-refractivity contribution in [2.24, 2.45) is 0 Å². The second kappa shape index (κ2) is 8.09. The van der Waals surface area contributed by atoms with Crippen LogP contribution in [-0.4, -0.2) is 38.9 Å². The van der Waals surface area contributed by atoms with E-state index in [-0.39, 0.29) is 11.6 Å². The molecule has 1 amide bonds. The molecule has 0 fully saturated rings. The van der Waals surface area contributed by atoms with Gasteiger partial charge in [0.2, 0.25) is 15.9 Å². The molecule has 1 aromatic heterocycles. The van der Waals surface area contributed by atoms with Crippen LogP contribution in [0.15, 0.2) is 28.8 Å². The van der Waals surface area contributed by atoms with E-state index in [4.69, 9.17) is 9.26 Å². The molecule has 2 rings (SSSR count). The zero-order chi connectivity index (χ0) is 19.3. The highest BCUT2D eigenvalue weighted by atomic mass is 32.2.